The summed E-state index contributed by atoms with van der Waals surface area (Å²) in [7, 11) is 0. The van der Waals surface area contributed by atoms with Crippen LogP contribution in [0.15, 0.2) is 12.4 Å². The Kier molecular flexibility index (Phi) is 2.74. The van der Waals surface area contributed by atoms with Gasteiger partial charge in [-0.15, -0.1) is 0 Å². The van der Waals surface area contributed by atoms with Crippen molar-refractivity contribution in [1.29, 1.82) is 0 Å². The normalized spacial score (nSPS) is 23.5. The van der Waals surface area contributed by atoms with Crippen molar-refractivity contribution in [2.45, 2.75) is 38.3 Å². The number of ether oxygens (including phenoxy) is 1. The summed E-state index contributed by atoms with van der Waals surface area (Å²) in [4.78, 5) is 18.0. The molecule has 5 nitrogen and oxygen atoms in total. The molecule has 2 aliphatic rings. The highest BCUT2D eigenvalue weighted by molar-refractivity contribution is 5.68. The lowest BCUT2D eigenvalue weighted by Crippen LogP contribution is -2.36. The highest BCUT2D eigenvalue weighted by atomic mass is 16.6. The summed E-state index contributed by atoms with van der Waals surface area (Å²) >= 11 is 0. The number of aromatic nitrogens is 2. The zero-order valence-corrected chi connectivity index (χ0v) is 9.84. The third-order valence-electron chi connectivity index (χ3n) is 3.53. The SMILES string of the molecule is O=C(O[C@H]1CCn2ccnc21)N1CCCCC1. The molecule has 1 aromatic heterocycles. The Morgan fingerprint density at radius 1 is 1.29 bits per heavy atom. The van der Waals surface area contributed by atoms with Crippen LogP contribution in [0.4, 0.5) is 4.79 Å². The topological polar surface area (TPSA) is 47.4 Å². The standard InChI is InChI=1S/C12H17N3O2/c16-12(15-6-2-1-3-7-15)17-10-4-8-14-9-5-13-11(10)14/h5,9-10H,1-4,6-8H2/t10-/m0/s1. The van der Waals surface area contributed by atoms with Crippen LogP contribution in [0.5, 0.6) is 0 Å². The second-order valence-electron chi connectivity index (χ2n) is 4.69. The highest BCUT2D eigenvalue weighted by Gasteiger charge is 2.29. The number of amides is 1. The van der Waals surface area contributed by atoms with Crippen molar-refractivity contribution in [3.8, 4) is 0 Å². The summed E-state index contributed by atoms with van der Waals surface area (Å²) in [6.45, 7) is 2.56. The van der Waals surface area contributed by atoms with E-state index < -0.39 is 0 Å². The number of carbonyl (C=O) groups is 1. The van der Waals surface area contributed by atoms with Crippen LogP contribution in [0.3, 0.4) is 0 Å². The van der Waals surface area contributed by atoms with Gasteiger partial charge in [0.25, 0.3) is 0 Å². The Hall–Kier alpha value is -1.52. The molecule has 0 radical (unpaired) electrons. The molecular formula is C12H17N3O2. The van der Waals surface area contributed by atoms with Crippen LogP contribution in [0.1, 0.15) is 37.6 Å². The molecule has 1 atom stereocenters. The van der Waals surface area contributed by atoms with Crippen LogP contribution in [0.2, 0.25) is 0 Å². The van der Waals surface area contributed by atoms with Crippen LogP contribution in [0.25, 0.3) is 0 Å². The molecule has 1 amide bonds. The number of rotatable bonds is 1. The molecule has 17 heavy (non-hydrogen) atoms. The first-order valence-corrected chi connectivity index (χ1v) is 6.31. The van der Waals surface area contributed by atoms with Gasteiger partial charge in [-0.1, -0.05) is 0 Å². The Balaban J connectivity index is 1.62. The number of piperidine rings is 1. The third kappa shape index (κ3) is 2.01. The number of hydrogen-bond donors (Lipinski definition) is 0. The van der Waals surface area contributed by atoms with Gasteiger partial charge in [-0.2, -0.15) is 0 Å². The van der Waals surface area contributed by atoms with Gasteiger partial charge in [0.1, 0.15) is 5.82 Å². The smallest absolute Gasteiger partial charge is 0.410 e. The van der Waals surface area contributed by atoms with Gasteiger partial charge in [-0.25, -0.2) is 9.78 Å². The molecular weight excluding hydrogens is 218 g/mol. The molecule has 0 aromatic carbocycles. The van der Waals surface area contributed by atoms with E-state index in [1.165, 1.54) is 6.42 Å². The molecule has 1 saturated heterocycles. The molecule has 2 aliphatic heterocycles. The number of aryl methyl sites for hydroxylation is 1. The molecule has 5 heteroatoms. The minimum Gasteiger partial charge on any atom is -0.438 e. The van der Waals surface area contributed by atoms with E-state index in [1.807, 2.05) is 15.7 Å². The lowest BCUT2D eigenvalue weighted by molar-refractivity contribution is 0.0562. The minimum absolute atomic E-state index is 0.153. The van der Waals surface area contributed by atoms with Crippen molar-refractivity contribution >= 4 is 6.09 Å². The molecule has 1 aromatic rings. The fourth-order valence-corrected chi connectivity index (χ4v) is 2.57. The molecule has 1 fully saturated rings. The van der Waals surface area contributed by atoms with Gasteiger partial charge in [-0.05, 0) is 19.3 Å². The number of hydrogen-bond acceptors (Lipinski definition) is 3. The van der Waals surface area contributed by atoms with E-state index >= 15 is 0 Å². The van der Waals surface area contributed by atoms with E-state index in [4.69, 9.17) is 4.74 Å². The summed E-state index contributed by atoms with van der Waals surface area (Å²) in [6.07, 6.45) is 7.62. The Morgan fingerprint density at radius 3 is 2.94 bits per heavy atom. The quantitative estimate of drug-likeness (QED) is 0.747. The van der Waals surface area contributed by atoms with Gasteiger partial charge in [0, 0.05) is 38.4 Å². The molecule has 0 N–H and O–H groups in total. The van der Waals surface area contributed by atoms with Crippen LogP contribution in [-0.4, -0.2) is 33.6 Å². The number of likely N-dealkylation sites (tertiary alicyclic amines) is 1. The lowest BCUT2D eigenvalue weighted by atomic mass is 10.1. The van der Waals surface area contributed by atoms with Gasteiger partial charge < -0.3 is 14.2 Å². The Bertz CT molecular complexity index is 410. The fraction of sp³-hybridized carbons (Fsp3) is 0.667. The van der Waals surface area contributed by atoms with Crippen LogP contribution in [-0.2, 0) is 11.3 Å². The first-order valence-electron chi connectivity index (χ1n) is 6.31. The average molecular weight is 235 g/mol. The average Bonchev–Trinajstić information content (AvgIpc) is 2.95. The van der Waals surface area contributed by atoms with Crippen molar-refractivity contribution in [3.05, 3.63) is 18.2 Å². The lowest BCUT2D eigenvalue weighted by Gasteiger charge is -2.27. The second kappa shape index (κ2) is 4.39. The van der Waals surface area contributed by atoms with Gasteiger partial charge in [0.05, 0.1) is 0 Å². The largest absolute Gasteiger partial charge is 0.438 e. The van der Waals surface area contributed by atoms with Gasteiger partial charge in [0.2, 0.25) is 0 Å². The first kappa shape index (κ1) is 10.6. The van der Waals surface area contributed by atoms with E-state index in [0.717, 1.165) is 44.7 Å². The minimum atomic E-state index is -0.175. The van der Waals surface area contributed by atoms with Crippen LogP contribution >= 0.6 is 0 Å². The third-order valence-corrected chi connectivity index (χ3v) is 3.53. The summed E-state index contributed by atoms with van der Waals surface area (Å²) in [5, 5.41) is 0. The van der Waals surface area contributed by atoms with Gasteiger partial charge >= 0.3 is 6.09 Å². The van der Waals surface area contributed by atoms with Crippen molar-refractivity contribution in [1.82, 2.24) is 14.5 Å². The predicted molar refractivity (Wildman–Crippen MR) is 61.5 cm³/mol. The maximum atomic E-state index is 12.0. The molecule has 0 aliphatic carbocycles. The van der Waals surface area contributed by atoms with Gasteiger partial charge in [0.15, 0.2) is 6.10 Å². The second-order valence-corrected chi connectivity index (χ2v) is 4.69. The molecule has 0 bridgehead atoms. The zero-order chi connectivity index (χ0) is 11.7. The Morgan fingerprint density at radius 2 is 2.12 bits per heavy atom. The molecule has 0 unspecified atom stereocenters. The summed E-state index contributed by atoms with van der Waals surface area (Å²) < 4.78 is 7.59. The number of fused-ring (bicyclic) bond motifs is 1. The Labute approximate surface area is 100 Å². The summed E-state index contributed by atoms with van der Waals surface area (Å²) in [5.74, 6) is 0.885. The maximum Gasteiger partial charge on any atom is 0.410 e. The fourth-order valence-electron chi connectivity index (χ4n) is 2.57. The molecule has 0 saturated carbocycles. The molecule has 92 valence electrons. The van der Waals surface area contributed by atoms with Gasteiger partial charge in [-0.3, -0.25) is 0 Å². The summed E-state index contributed by atoms with van der Waals surface area (Å²) in [6, 6.07) is 0. The number of imidazole rings is 1. The molecule has 3 rings (SSSR count). The van der Waals surface area contributed by atoms with Crippen LogP contribution < -0.4 is 0 Å². The predicted octanol–water partition coefficient (Wildman–Crippen LogP) is 1.95. The summed E-state index contributed by atoms with van der Waals surface area (Å²) in [5.41, 5.74) is 0. The molecule has 0 spiro atoms. The zero-order valence-electron chi connectivity index (χ0n) is 9.84. The van der Waals surface area contributed by atoms with Crippen molar-refractivity contribution in [3.63, 3.8) is 0 Å². The van der Waals surface area contributed by atoms with E-state index in [1.54, 1.807) is 6.20 Å². The monoisotopic (exact) mass is 235 g/mol. The first-order chi connectivity index (χ1) is 8.34. The van der Waals surface area contributed by atoms with Crippen molar-refractivity contribution in [2.75, 3.05) is 13.1 Å². The van der Waals surface area contributed by atoms with Crippen LogP contribution in [0, 0.1) is 0 Å². The van der Waals surface area contributed by atoms with Crippen molar-refractivity contribution in [2.24, 2.45) is 0 Å². The van der Waals surface area contributed by atoms with E-state index in [2.05, 4.69) is 4.98 Å². The number of nitrogens with zero attached hydrogens (tertiary/aromatic N) is 3. The number of carbonyl (C=O) groups excluding carboxylic acids is 1. The maximum absolute atomic E-state index is 12.0. The van der Waals surface area contributed by atoms with E-state index in [0.29, 0.717) is 0 Å². The van der Waals surface area contributed by atoms with E-state index in [-0.39, 0.29) is 12.2 Å². The highest BCUT2D eigenvalue weighted by Crippen LogP contribution is 2.28. The molecule has 3 heterocycles. The van der Waals surface area contributed by atoms with E-state index in [9.17, 15) is 4.79 Å². The van der Waals surface area contributed by atoms with Crippen molar-refractivity contribution < 1.29 is 9.53 Å².